The number of nitrogens with zero attached hydrogens (tertiary/aromatic N) is 2. The highest BCUT2D eigenvalue weighted by atomic mass is 16.5. The summed E-state index contributed by atoms with van der Waals surface area (Å²) in [6.07, 6.45) is 1.30. The van der Waals surface area contributed by atoms with E-state index in [9.17, 15) is 4.79 Å². The van der Waals surface area contributed by atoms with Crippen LogP contribution in [0.5, 0.6) is 5.75 Å². The van der Waals surface area contributed by atoms with Crippen molar-refractivity contribution < 1.29 is 9.53 Å². The number of rotatable bonds is 7. The van der Waals surface area contributed by atoms with Gasteiger partial charge in [0.1, 0.15) is 11.6 Å². The topological polar surface area (TPSA) is 76.1 Å². The molecule has 0 aliphatic heterocycles. The van der Waals surface area contributed by atoms with Gasteiger partial charge in [0.2, 0.25) is 5.91 Å². The van der Waals surface area contributed by atoms with Crippen molar-refractivity contribution in [3.63, 3.8) is 0 Å². The number of benzene rings is 1. The zero-order valence-corrected chi connectivity index (χ0v) is 12.8. The van der Waals surface area contributed by atoms with Gasteiger partial charge in [-0.1, -0.05) is 19.1 Å². The van der Waals surface area contributed by atoms with Gasteiger partial charge in [0.25, 0.3) is 0 Å². The molecule has 0 radical (unpaired) electrons. The maximum atomic E-state index is 11.2. The van der Waals surface area contributed by atoms with Crippen LogP contribution in [0.25, 0.3) is 0 Å². The van der Waals surface area contributed by atoms with E-state index in [2.05, 4.69) is 20.8 Å². The van der Waals surface area contributed by atoms with Crippen molar-refractivity contribution in [1.82, 2.24) is 10.2 Å². The molecular formula is C16H20N4O2. The molecule has 6 heteroatoms. The molecule has 6 nitrogen and oxygen atoms in total. The van der Waals surface area contributed by atoms with Crippen molar-refractivity contribution in [2.75, 3.05) is 24.3 Å². The third kappa shape index (κ3) is 4.73. The fourth-order valence-corrected chi connectivity index (χ4v) is 1.85. The molecule has 116 valence electrons. The maximum absolute atomic E-state index is 11.2. The van der Waals surface area contributed by atoms with E-state index in [1.54, 1.807) is 26.2 Å². The molecule has 2 N–H and O–H groups in total. The summed E-state index contributed by atoms with van der Waals surface area (Å²) in [4.78, 5) is 11.2. The van der Waals surface area contributed by atoms with E-state index >= 15 is 0 Å². The Balaban J connectivity index is 1.80. The maximum Gasteiger partial charge on any atom is 0.225 e. The molecule has 1 heterocycles. The highest BCUT2D eigenvalue weighted by Crippen LogP contribution is 2.12. The van der Waals surface area contributed by atoms with Crippen LogP contribution in [0, 0.1) is 0 Å². The Labute approximate surface area is 129 Å². The SMILES string of the molecule is CCC(=O)Nc1ccc(NCCc2ccc(OC)cc2)nn1. The zero-order valence-electron chi connectivity index (χ0n) is 12.8. The predicted molar refractivity (Wildman–Crippen MR) is 86.1 cm³/mol. The lowest BCUT2D eigenvalue weighted by atomic mass is 10.1. The first-order valence-electron chi connectivity index (χ1n) is 7.21. The molecule has 0 saturated heterocycles. The molecule has 0 spiro atoms. The van der Waals surface area contributed by atoms with Gasteiger partial charge in [0, 0.05) is 13.0 Å². The molecular weight excluding hydrogens is 280 g/mol. The van der Waals surface area contributed by atoms with Gasteiger partial charge in [-0.2, -0.15) is 0 Å². The molecule has 0 unspecified atom stereocenters. The predicted octanol–water partition coefficient (Wildman–Crippen LogP) is 2.49. The largest absolute Gasteiger partial charge is 0.497 e. The zero-order chi connectivity index (χ0) is 15.8. The van der Waals surface area contributed by atoms with Crippen LogP contribution < -0.4 is 15.4 Å². The number of anilines is 2. The Hall–Kier alpha value is -2.63. The number of carbonyl (C=O) groups excluding carboxylic acids is 1. The Morgan fingerprint density at radius 3 is 2.36 bits per heavy atom. The quantitative estimate of drug-likeness (QED) is 0.821. The molecule has 2 rings (SSSR count). The second kappa shape index (κ2) is 7.97. The average molecular weight is 300 g/mol. The normalized spacial score (nSPS) is 10.1. The molecule has 0 aliphatic rings. The number of hydrogen-bond donors (Lipinski definition) is 2. The number of carbonyl (C=O) groups is 1. The van der Waals surface area contributed by atoms with E-state index < -0.39 is 0 Å². The molecule has 1 aromatic heterocycles. The number of amides is 1. The number of ether oxygens (including phenoxy) is 1. The molecule has 1 amide bonds. The minimum Gasteiger partial charge on any atom is -0.497 e. The second-order valence-electron chi connectivity index (χ2n) is 4.73. The van der Waals surface area contributed by atoms with Gasteiger partial charge in [0.15, 0.2) is 5.82 Å². The third-order valence-corrected chi connectivity index (χ3v) is 3.13. The minimum atomic E-state index is -0.0745. The third-order valence-electron chi connectivity index (χ3n) is 3.13. The van der Waals surface area contributed by atoms with Gasteiger partial charge >= 0.3 is 0 Å². The molecule has 0 atom stereocenters. The van der Waals surface area contributed by atoms with Gasteiger partial charge in [-0.3, -0.25) is 4.79 Å². The molecule has 0 bridgehead atoms. The van der Waals surface area contributed by atoms with Crippen LogP contribution in [-0.2, 0) is 11.2 Å². The van der Waals surface area contributed by atoms with E-state index in [1.807, 2.05) is 24.3 Å². The average Bonchev–Trinajstić information content (AvgIpc) is 2.57. The lowest BCUT2D eigenvalue weighted by Gasteiger charge is -2.07. The van der Waals surface area contributed by atoms with E-state index in [0.29, 0.717) is 18.1 Å². The van der Waals surface area contributed by atoms with Crippen LogP contribution in [0.15, 0.2) is 36.4 Å². The summed E-state index contributed by atoms with van der Waals surface area (Å²) < 4.78 is 5.13. The van der Waals surface area contributed by atoms with E-state index in [-0.39, 0.29) is 5.91 Å². The number of nitrogens with one attached hydrogen (secondary N) is 2. The molecule has 2 aromatic rings. The second-order valence-corrected chi connectivity index (χ2v) is 4.73. The van der Waals surface area contributed by atoms with Gasteiger partial charge in [-0.15, -0.1) is 10.2 Å². The monoisotopic (exact) mass is 300 g/mol. The first kappa shape index (κ1) is 15.8. The van der Waals surface area contributed by atoms with Crippen molar-refractivity contribution in [2.45, 2.75) is 19.8 Å². The van der Waals surface area contributed by atoms with Crippen molar-refractivity contribution >= 4 is 17.5 Å². The van der Waals surface area contributed by atoms with Gasteiger partial charge in [-0.05, 0) is 36.2 Å². The van der Waals surface area contributed by atoms with Crippen molar-refractivity contribution in [3.8, 4) is 5.75 Å². The minimum absolute atomic E-state index is 0.0745. The highest BCUT2D eigenvalue weighted by Gasteiger charge is 2.01. The van der Waals surface area contributed by atoms with E-state index in [4.69, 9.17) is 4.74 Å². The van der Waals surface area contributed by atoms with Crippen LogP contribution in [0.2, 0.25) is 0 Å². The summed E-state index contributed by atoms with van der Waals surface area (Å²) in [5.41, 5.74) is 1.22. The van der Waals surface area contributed by atoms with Gasteiger partial charge in [0.05, 0.1) is 7.11 Å². The van der Waals surface area contributed by atoms with E-state index in [0.717, 1.165) is 18.7 Å². The summed E-state index contributed by atoms with van der Waals surface area (Å²) in [6, 6.07) is 11.5. The summed E-state index contributed by atoms with van der Waals surface area (Å²) in [7, 11) is 1.65. The van der Waals surface area contributed by atoms with Crippen LogP contribution in [0.1, 0.15) is 18.9 Å². The Morgan fingerprint density at radius 1 is 1.09 bits per heavy atom. The van der Waals surface area contributed by atoms with Crippen molar-refractivity contribution in [1.29, 1.82) is 0 Å². The fourth-order valence-electron chi connectivity index (χ4n) is 1.85. The molecule has 22 heavy (non-hydrogen) atoms. The number of hydrogen-bond acceptors (Lipinski definition) is 5. The molecule has 0 fully saturated rings. The van der Waals surface area contributed by atoms with Crippen molar-refractivity contribution in [2.24, 2.45) is 0 Å². The van der Waals surface area contributed by atoms with Gasteiger partial charge in [-0.25, -0.2) is 0 Å². The fraction of sp³-hybridized carbons (Fsp3) is 0.312. The van der Waals surface area contributed by atoms with Crippen LogP contribution >= 0.6 is 0 Å². The molecule has 0 saturated carbocycles. The van der Waals surface area contributed by atoms with E-state index in [1.165, 1.54) is 5.56 Å². The lowest BCUT2D eigenvalue weighted by Crippen LogP contribution is -2.12. The Morgan fingerprint density at radius 2 is 1.77 bits per heavy atom. The first-order valence-corrected chi connectivity index (χ1v) is 7.21. The standard InChI is InChI=1S/C16H20N4O2/c1-3-16(21)18-15-9-8-14(19-20-15)17-11-10-12-4-6-13(22-2)7-5-12/h4-9H,3,10-11H2,1-2H3,(H,17,19)(H,18,20,21). The number of aromatic nitrogens is 2. The molecule has 0 aliphatic carbocycles. The highest BCUT2D eigenvalue weighted by molar-refractivity contribution is 5.89. The Bertz CT molecular complexity index is 597. The van der Waals surface area contributed by atoms with Crippen LogP contribution in [0.4, 0.5) is 11.6 Å². The summed E-state index contributed by atoms with van der Waals surface area (Å²) in [6.45, 7) is 2.54. The summed E-state index contributed by atoms with van der Waals surface area (Å²) in [5, 5.41) is 13.8. The van der Waals surface area contributed by atoms with Gasteiger partial charge < -0.3 is 15.4 Å². The smallest absolute Gasteiger partial charge is 0.225 e. The first-order chi connectivity index (χ1) is 10.7. The van der Waals surface area contributed by atoms with Crippen molar-refractivity contribution in [3.05, 3.63) is 42.0 Å². The lowest BCUT2D eigenvalue weighted by molar-refractivity contribution is -0.115. The summed E-state index contributed by atoms with van der Waals surface area (Å²) in [5.74, 6) is 1.93. The Kier molecular flexibility index (Phi) is 5.71. The molecule has 1 aromatic carbocycles. The van der Waals surface area contributed by atoms with Crippen LogP contribution in [0.3, 0.4) is 0 Å². The van der Waals surface area contributed by atoms with Crippen LogP contribution in [-0.4, -0.2) is 29.8 Å². The summed E-state index contributed by atoms with van der Waals surface area (Å²) >= 11 is 0. The number of methoxy groups -OCH3 is 1.